The van der Waals surface area contributed by atoms with E-state index >= 15 is 0 Å². The highest BCUT2D eigenvalue weighted by Crippen LogP contribution is 2.40. The van der Waals surface area contributed by atoms with E-state index in [9.17, 15) is 9.90 Å². The number of benzene rings is 1. The van der Waals surface area contributed by atoms with Crippen molar-refractivity contribution in [1.29, 1.82) is 0 Å². The number of nitrogens with zero attached hydrogens (tertiary/aromatic N) is 6. The van der Waals surface area contributed by atoms with Crippen molar-refractivity contribution in [1.82, 2.24) is 29.0 Å². The molecule has 0 spiro atoms. The minimum absolute atomic E-state index is 0.00700. The fourth-order valence-corrected chi connectivity index (χ4v) is 7.18. The van der Waals surface area contributed by atoms with Crippen molar-refractivity contribution in [2.45, 2.75) is 50.9 Å². The Bertz CT molecular complexity index is 1930. The monoisotopic (exact) mass is 592 g/mol. The lowest BCUT2D eigenvalue weighted by atomic mass is 10.1. The van der Waals surface area contributed by atoms with Crippen molar-refractivity contribution in [3.05, 3.63) is 59.9 Å². The number of aromatic nitrogens is 5. The third-order valence-electron chi connectivity index (χ3n) is 9.68. The Morgan fingerprint density at radius 1 is 1.11 bits per heavy atom. The van der Waals surface area contributed by atoms with Gasteiger partial charge in [-0.1, -0.05) is 0 Å². The first-order chi connectivity index (χ1) is 21.4. The number of methoxy groups -OCH3 is 1. The summed E-state index contributed by atoms with van der Waals surface area (Å²) in [6.45, 7) is 1.44. The Hall–Kier alpha value is -4.48. The van der Waals surface area contributed by atoms with Crippen LogP contribution in [0.3, 0.4) is 0 Å². The van der Waals surface area contributed by atoms with Crippen molar-refractivity contribution in [2.75, 3.05) is 19.0 Å². The molecule has 5 heterocycles. The number of imidazole rings is 1. The number of carbonyl (C=O) groups is 1. The lowest BCUT2D eigenvalue weighted by molar-refractivity contribution is 0.0700. The number of ether oxygens (including phenoxy) is 1. The first-order valence-electron chi connectivity index (χ1n) is 15.4. The number of hydrogen-bond donors (Lipinski definition) is 3. The first kappa shape index (κ1) is 27.1. The number of likely N-dealkylation sites (tertiary alicyclic amines) is 1. The van der Waals surface area contributed by atoms with Crippen LogP contribution in [0.5, 0.6) is 5.75 Å². The zero-order valence-electron chi connectivity index (χ0n) is 24.9. The number of aryl methyl sites for hydroxylation is 1. The van der Waals surface area contributed by atoms with Gasteiger partial charge in [0.15, 0.2) is 5.82 Å². The Kier molecular flexibility index (Phi) is 6.35. The fourth-order valence-electron chi connectivity index (χ4n) is 7.18. The molecule has 4 N–H and O–H groups in total. The minimum atomic E-state index is -0.124. The molecule has 2 bridgehead atoms. The highest BCUT2D eigenvalue weighted by atomic mass is 16.5. The number of nitrogens with two attached hydrogens (primary N) is 1. The van der Waals surface area contributed by atoms with E-state index in [2.05, 4.69) is 31.6 Å². The van der Waals surface area contributed by atoms with Crippen LogP contribution in [0, 0.1) is 11.8 Å². The van der Waals surface area contributed by atoms with Gasteiger partial charge >= 0.3 is 0 Å². The summed E-state index contributed by atoms with van der Waals surface area (Å²) in [7, 11) is 3.63. The highest BCUT2D eigenvalue weighted by Gasteiger charge is 2.47. The molecule has 3 fully saturated rings. The van der Waals surface area contributed by atoms with E-state index in [4.69, 9.17) is 20.4 Å². The van der Waals surface area contributed by atoms with E-state index in [0.29, 0.717) is 41.2 Å². The van der Waals surface area contributed by atoms with Gasteiger partial charge in [0.2, 0.25) is 0 Å². The van der Waals surface area contributed by atoms with Gasteiger partial charge in [0.05, 0.1) is 30.6 Å². The molecular formula is C33H36N8O3. The highest BCUT2D eigenvalue weighted by molar-refractivity contribution is 6.00. The number of pyridine rings is 2. The zero-order chi connectivity index (χ0) is 30.1. The van der Waals surface area contributed by atoms with Crippen LogP contribution in [0.25, 0.3) is 33.6 Å². The molecule has 3 atom stereocenters. The maximum absolute atomic E-state index is 13.7. The van der Waals surface area contributed by atoms with Gasteiger partial charge in [-0.05, 0) is 80.0 Å². The average Bonchev–Trinajstić information content (AvgIpc) is 3.45. The van der Waals surface area contributed by atoms with Crippen LogP contribution < -0.4 is 15.8 Å². The normalized spacial score (nSPS) is 21.1. The van der Waals surface area contributed by atoms with E-state index in [1.165, 1.54) is 12.8 Å². The Labute approximate surface area is 254 Å². The second-order valence-corrected chi connectivity index (χ2v) is 12.5. The van der Waals surface area contributed by atoms with Crippen LogP contribution in [-0.4, -0.2) is 65.7 Å². The molecule has 4 aromatic heterocycles. The van der Waals surface area contributed by atoms with Gasteiger partial charge in [0, 0.05) is 55.1 Å². The van der Waals surface area contributed by atoms with Gasteiger partial charge in [-0.3, -0.25) is 9.78 Å². The topological polar surface area (TPSA) is 136 Å². The zero-order valence-corrected chi connectivity index (χ0v) is 24.9. The number of amides is 1. The molecular weight excluding hydrogens is 556 g/mol. The van der Waals surface area contributed by atoms with Crippen molar-refractivity contribution in [3.8, 4) is 17.3 Å². The number of anilines is 2. The van der Waals surface area contributed by atoms with Gasteiger partial charge in [0.1, 0.15) is 22.7 Å². The van der Waals surface area contributed by atoms with Crippen LogP contribution >= 0.6 is 0 Å². The van der Waals surface area contributed by atoms with Gasteiger partial charge in [0.25, 0.3) is 5.91 Å². The van der Waals surface area contributed by atoms with Crippen molar-refractivity contribution in [2.24, 2.45) is 24.6 Å². The van der Waals surface area contributed by atoms with Crippen LogP contribution in [0.15, 0.2) is 48.7 Å². The number of fused-ring (bicyclic) bond motifs is 4. The number of piperidine rings is 1. The Balaban J connectivity index is 1.20. The van der Waals surface area contributed by atoms with Crippen molar-refractivity contribution >= 4 is 39.5 Å². The quantitative estimate of drug-likeness (QED) is 0.244. The van der Waals surface area contributed by atoms with E-state index in [-0.39, 0.29) is 24.6 Å². The molecule has 44 heavy (non-hydrogen) atoms. The molecule has 0 radical (unpaired) electrons. The predicted molar refractivity (Wildman–Crippen MR) is 168 cm³/mol. The summed E-state index contributed by atoms with van der Waals surface area (Å²) in [5, 5.41) is 13.9. The molecule has 2 unspecified atom stereocenters. The number of aliphatic hydroxyl groups excluding tert-OH is 1. The SMILES string of the molecule is COc1cc(C(=O)N2CC3CCC2[C@@H]3N)cc2nc(-c3cc4ccc(Nc5ccnc(CO)c5)nc4n3CC3CC3)n(C)c12. The third-order valence-corrected chi connectivity index (χ3v) is 9.68. The fraction of sp³-hybridized carbons (Fsp3) is 0.394. The summed E-state index contributed by atoms with van der Waals surface area (Å²) in [5.74, 6) is 3.10. The van der Waals surface area contributed by atoms with Gasteiger partial charge in [-0.15, -0.1) is 0 Å². The maximum Gasteiger partial charge on any atom is 0.254 e. The number of carbonyl (C=O) groups excluding carboxylic acids is 1. The summed E-state index contributed by atoms with van der Waals surface area (Å²) in [6, 6.07) is 13.7. The summed E-state index contributed by atoms with van der Waals surface area (Å²) in [5.41, 5.74) is 11.8. The summed E-state index contributed by atoms with van der Waals surface area (Å²) in [6.07, 6.45) is 6.12. The van der Waals surface area contributed by atoms with Gasteiger partial charge in [-0.2, -0.15) is 0 Å². The molecule has 1 aromatic carbocycles. The summed E-state index contributed by atoms with van der Waals surface area (Å²) >= 11 is 0. The second kappa shape index (κ2) is 10.3. The van der Waals surface area contributed by atoms with Crippen LogP contribution in [0.2, 0.25) is 0 Å². The molecule has 8 rings (SSSR count). The van der Waals surface area contributed by atoms with Crippen LogP contribution in [0.1, 0.15) is 41.7 Å². The molecule has 3 aliphatic rings. The largest absolute Gasteiger partial charge is 0.494 e. The van der Waals surface area contributed by atoms with Crippen LogP contribution in [0.4, 0.5) is 11.5 Å². The van der Waals surface area contributed by atoms with Crippen molar-refractivity contribution in [3.63, 3.8) is 0 Å². The molecule has 5 aromatic rings. The Morgan fingerprint density at radius 2 is 1.98 bits per heavy atom. The van der Waals surface area contributed by atoms with Crippen molar-refractivity contribution < 1.29 is 14.6 Å². The van der Waals surface area contributed by atoms with E-state index < -0.39 is 0 Å². The standard InChI is InChI=1S/C33H36N8O3/c1-39-30-24(11-21(13-27(30)44-2)33(43)41-16-20-5-7-25(41)29(20)34)37-32(39)26-12-19-6-8-28(36-22-9-10-35-23(14-22)17-42)38-31(19)40(26)15-18-3-4-18/h6,8-14,18,20,25,29,42H,3-5,7,15-17,34H2,1-2H3,(H,35,36,38)/t20?,25?,29-/m1/s1. The lowest BCUT2D eigenvalue weighted by Gasteiger charge is -2.27. The maximum atomic E-state index is 13.7. The lowest BCUT2D eigenvalue weighted by Crippen LogP contribution is -2.41. The molecule has 1 aliphatic heterocycles. The Morgan fingerprint density at radius 3 is 2.70 bits per heavy atom. The minimum Gasteiger partial charge on any atom is -0.494 e. The van der Waals surface area contributed by atoms with Gasteiger partial charge in [-0.25, -0.2) is 9.97 Å². The van der Waals surface area contributed by atoms with E-state index in [0.717, 1.165) is 58.7 Å². The number of hydrogen-bond acceptors (Lipinski definition) is 8. The first-order valence-corrected chi connectivity index (χ1v) is 15.4. The molecule has 2 aliphatic carbocycles. The van der Waals surface area contributed by atoms with E-state index in [1.807, 2.05) is 42.3 Å². The van der Waals surface area contributed by atoms with Crippen LogP contribution in [-0.2, 0) is 20.2 Å². The number of rotatable bonds is 8. The molecule has 11 nitrogen and oxygen atoms in total. The predicted octanol–water partition coefficient (Wildman–Crippen LogP) is 4.20. The van der Waals surface area contributed by atoms with Gasteiger partial charge < -0.3 is 34.9 Å². The molecule has 1 amide bonds. The third kappa shape index (κ3) is 4.41. The second-order valence-electron chi connectivity index (χ2n) is 12.5. The number of aliphatic hydroxyl groups is 1. The molecule has 1 saturated heterocycles. The summed E-state index contributed by atoms with van der Waals surface area (Å²) in [4.78, 5) is 29.9. The molecule has 2 saturated carbocycles. The smallest absolute Gasteiger partial charge is 0.254 e. The summed E-state index contributed by atoms with van der Waals surface area (Å²) < 4.78 is 10.2. The van der Waals surface area contributed by atoms with E-state index in [1.54, 1.807) is 13.3 Å². The average molecular weight is 593 g/mol. The molecule has 226 valence electrons. The number of nitrogens with one attached hydrogen (secondary N) is 1. The molecule has 11 heteroatoms.